The van der Waals surface area contributed by atoms with Crippen LogP contribution in [0.2, 0.25) is 0 Å². The van der Waals surface area contributed by atoms with Gasteiger partial charge in [0.15, 0.2) is 46.6 Å². The smallest absolute Gasteiger partial charge is 0.188 e. The lowest BCUT2D eigenvalue weighted by Gasteiger charge is -2.12. The lowest BCUT2D eigenvalue weighted by molar-refractivity contribution is 0.982. The van der Waals surface area contributed by atoms with Gasteiger partial charge in [0.25, 0.3) is 0 Å². The van der Waals surface area contributed by atoms with E-state index < -0.39 is 0 Å². The molecule has 0 aliphatic carbocycles. The predicted molar refractivity (Wildman–Crippen MR) is 557 cm³/mol. The first-order valence-corrected chi connectivity index (χ1v) is 46.1. The molecular formula is C115H78N28. The summed E-state index contributed by atoms with van der Waals surface area (Å²) >= 11 is 0. The maximum atomic E-state index is 4.89. The Bertz CT molecular complexity index is 8200. The monoisotopic (exact) mass is 1850 g/mol. The molecule has 0 radical (unpaired) electrons. The standard InChI is InChI=1S/3C29H19N7.C28H21N7/c1-3-13-25-21(9-1)22-10-2-4-14-26(22)36(25)27-16-15-20(19-32-27)35-28(23-11-5-7-17-30-23)33-34-29(35)24-12-6-8-18-31-24;1-3-13-25-21(9-1)22-10-2-4-14-26(22)35(25)20-15-16-27(32-19-20)36-28(23-11-5-7-17-30-23)33-34-29(36)24-12-6-8-18-31-24;1-3-10-25-22(7-1)23-8-2-4-11-26(23)35(25)21-12-13-27(32-19-21)36-28(20-14-17-30-18-15-20)33-34-29(36)24-9-5-6-16-31-24;1-2-8-22-17-20-9-3-4-12-25(20)34(22)23-13-14-26(31-19-23)35-27(21-10-7-15-29-18-21)32-33-28(35)24-11-5-6-16-30-24/h3*1-19H;2-19H,1H3/b;;;8-2-. The summed E-state index contributed by atoms with van der Waals surface area (Å²) in [7, 11) is 0. The molecule has 27 aromatic rings. The van der Waals surface area contributed by atoms with Gasteiger partial charge in [-0.15, -0.1) is 40.8 Å². The minimum absolute atomic E-state index is 0.605. The van der Waals surface area contributed by atoms with Crippen LogP contribution >= 0.6 is 0 Å². The van der Waals surface area contributed by atoms with Gasteiger partial charge in [0, 0.05) is 116 Å². The third-order valence-corrected chi connectivity index (χ3v) is 24.6. The summed E-state index contributed by atoms with van der Waals surface area (Å²) in [4.78, 5) is 54.9. The van der Waals surface area contributed by atoms with Crippen LogP contribution in [0.5, 0.6) is 0 Å². The Hall–Kier alpha value is -20.4. The largest absolute Gasteiger partial charge is 0.308 e. The van der Waals surface area contributed by atoms with Crippen LogP contribution in [0.1, 0.15) is 12.6 Å². The van der Waals surface area contributed by atoms with Crippen molar-refractivity contribution < 1.29 is 0 Å². The van der Waals surface area contributed by atoms with Gasteiger partial charge in [-0.1, -0.05) is 170 Å². The molecule has 28 heteroatoms. The third kappa shape index (κ3) is 16.2. The molecule has 0 unspecified atom stereocenters. The number of aromatic nitrogens is 28. The molecule has 0 saturated heterocycles. The Kier molecular flexibility index (Phi) is 22.7. The van der Waals surface area contributed by atoms with Crippen molar-refractivity contribution in [1.82, 2.24) is 137 Å². The van der Waals surface area contributed by atoms with Crippen molar-refractivity contribution >= 4 is 82.4 Å². The molecule has 0 spiro atoms. The van der Waals surface area contributed by atoms with Gasteiger partial charge in [-0.2, -0.15) is 0 Å². The van der Waals surface area contributed by atoms with E-state index in [4.69, 9.17) is 19.9 Å². The number of hydrogen-bond acceptors (Lipinski definition) is 20. The summed E-state index contributed by atoms with van der Waals surface area (Å²) < 4.78 is 16.6. The number of rotatable bonds is 17. The van der Waals surface area contributed by atoms with Gasteiger partial charge in [0.2, 0.25) is 0 Å². The molecular weight excluding hydrogens is 1770 g/mol. The van der Waals surface area contributed by atoms with Crippen molar-refractivity contribution in [2.24, 2.45) is 0 Å². The van der Waals surface area contributed by atoms with E-state index in [1.807, 2.05) is 220 Å². The van der Waals surface area contributed by atoms with Crippen LogP contribution in [0.25, 0.3) is 220 Å². The van der Waals surface area contributed by atoms with Crippen molar-refractivity contribution in [1.29, 1.82) is 0 Å². The number of fused-ring (bicyclic) bond motifs is 10. The van der Waals surface area contributed by atoms with Gasteiger partial charge in [-0.05, 0) is 207 Å². The van der Waals surface area contributed by atoms with Crippen molar-refractivity contribution in [3.63, 3.8) is 0 Å². The zero-order valence-electron chi connectivity index (χ0n) is 76.3. The van der Waals surface area contributed by atoms with Crippen LogP contribution < -0.4 is 0 Å². The Morgan fingerprint density at radius 3 is 0.797 bits per heavy atom. The van der Waals surface area contributed by atoms with Crippen molar-refractivity contribution in [3.8, 4) is 138 Å². The van der Waals surface area contributed by atoms with E-state index in [0.29, 0.717) is 81.1 Å². The fourth-order valence-corrected chi connectivity index (χ4v) is 18.3. The second kappa shape index (κ2) is 38.0. The molecule has 20 aromatic heterocycles. The first-order chi connectivity index (χ1) is 71.0. The molecule has 0 atom stereocenters. The highest BCUT2D eigenvalue weighted by Crippen LogP contribution is 2.39. The number of hydrogen-bond donors (Lipinski definition) is 0. The van der Waals surface area contributed by atoms with Gasteiger partial charge >= 0.3 is 0 Å². The lowest BCUT2D eigenvalue weighted by Crippen LogP contribution is -2.05. The van der Waals surface area contributed by atoms with Crippen LogP contribution in [-0.2, 0) is 0 Å². The number of pyridine rings is 12. The average molecular weight is 1850 g/mol. The molecule has 7 aromatic carbocycles. The van der Waals surface area contributed by atoms with Gasteiger partial charge < -0.3 is 13.7 Å². The summed E-state index contributed by atoms with van der Waals surface area (Å²) in [5.41, 5.74) is 18.8. The summed E-state index contributed by atoms with van der Waals surface area (Å²) in [5.74, 6) is 7.96. The molecule has 0 aliphatic rings. The highest BCUT2D eigenvalue weighted by atomic mass is 15.3. The number of benzene rings is 7. The van der Waals surface area contributed by atoms with E-state index in [1.165, 1.54) is 37.7 Å². The first-order valence-electron chi connectivity index (χ1n) is 46.1. The van der Waals surface area contributed by atoms with E-state index in [9.17, 15) is 0 Å². The number of para-hydroxylation sites is 7. The molecule has 20 heterocycles. The Morgan fingerprint density at radius 1 is 0.189 bits per heavy atom. The quantitative estimate of drug-likeness (QED) is 0.0818. The van der Waals surface area contributed by atoms with Gasteiger partial charge in [-0.25, -0.2) is 19.9 Å². The molecule has 678 valence electrons. The highest BCUT2D eigenvalue weighted by molar-refractivity contribution is 6.11. The lowest BCUT2D eigenvalue weighted by atomic mass is 10.2. The highest BCUT2D eigenvalue weighted by Gasteiger charge is 2.27. The molecule has 143 heavy (non-hydrogen) atoms. The molecule has 0 saturated carbocycles. The second-order valence-electron chi connectivity index (χ2n) is 33.1. The molecule has 0 aliphatic heterocycles. The molecule has 0 fully saturated rings. The maximum Gasteiger partial charge on any atom is 0.188 e. The molecule has 27 rings (SSSR count). The van der Waals surface area contributed by atoms with E-state index in [-0.39, 0.29) is 0 Å². The fraction of sp³-hybridized carbons (Fsp3) is 0.00870. The van der Waals surface area contributed by atoms with Gasteiger partial charge in [-0.3, -0.25) is 62.7 Å². The van der Waals surface area contributed by atoms with Crippen LogP contribution in [0, 0.1) is 0 Å². The minimum Gasteiger partial charge on any atom is -0.308 e. The van der Waals surface area contributed by atoms with Crippen LogP contribution in [0.4, 0.5) is 0 Å². The van der Waals surface area contributed by atoms with Crippen molar-refractivity contribution in [2.75, 3.05) is 0 Å². The van der Waals surface area contributed by atoms with Crippen LogP contribution in [0.3, 0.4) is 0 Å². The maximum absolute atomic E-state index is 4.89. The molecule has 0 amide bonds. The first kappa shape index (κ1) is 85.5. The van der Waals surface area contributed by atoms with Gasteiger partial charge in [0.1, 0.15) is 57.4 Å². The zero-order chi connectivity index (χ0) is 95.3. The average Bonchev–Trinajstić information content (AvgIpc) is 1.61. The van der Waals surface area contributed by atoms with E-state index in [2.05, 4.69) is 299 Å². The van der Waals surface area contributed by atoms with Crippen molar-refractivity contribution in [3.05, 3.63) is 456 Å². The fourth-order valence-electron chi connectivity index (χ4n) is 18.3. The van der Waals surface area contributed by atoms with Crippen LogP contribution in [-0.4, -0.2) is 137 Å². The summed E-state index contributed by atoms with van der Waals surface area (Å²) in [6, 6.07) is 119. The topological polar surface area (TPSA) is 297 Å². The van der Waals surface area contributed by atoms with E-state index in [0.717, 1.165) is 101 Å². The molecule has 28 nitrogen and oxygen atoms in total. The number of allylic oxidation sites excluding steroid dienone is 1. The molecule has 0 bridgehead atoms. The summed E-state index contributed by atoms with van der Waals surface area (Å²) in [5, 5.41) is 44.2. The summed E-state index contributed by atoms with van der Waals surface area (Å²) in [6.07, 6.45) is 29.1. The SMILES string of the molecule is C/C=C\c1cc2ccccc2n1-c1ccc(-n2c(-c3cccnc3)nnc2-c2ccccn2)nc1.c1ccc(-c2nnc(-c3ccccn3)n2-c2ccc(-n3c4ccccc4c4ccccc43)cn2)nc1.c1ccc(-c2nnc(-c3ccccn3)n2-c2ccc(-n3c4ccccc4c4ccccc43)nc2)nc1.c1ccc(-c2nnc(-c3ccncc3)n2-c2ccc(-n3c4ccccc4c4ccccc43)cn2)nc1. The van der Waals surface area contributed by atoms with Crippen molar-refractivity contribution in [2.45, 2.75) is 6.92 Å². The third-order valence-electron chi connectivity index (χ3n) is 24.6. The normalized spacial score (nSPS) is 11.4. The Labute approximate surface area is 815 Å². The Balaban J connectivity index is 0.000000103. The molecule has 0 N–H and O–H groups in total. The number of nitrogens with zero attached hydrogens (tertiary/aromatic N) is 28. The van der Waals surface area contributed by atoms with E-state index >= 15 is 0 Å². The van der Waals surface area contributed by atoms with E-state index in [1.54, 1.807) is 62.0 Å². The summed E-state index contributed by atoms with van der Waals surface area (Å²) in [6.45, 7) is 2.02. The second-order valence-corrected chi connectivity index (χ2v) is 33.1. The predicted octanol–water partition coefficient (Wildman–Crippen LogP) is 23.4. The Morgan fingerprint density at radius 2 is 0.476 bits per heavy atom. The van der Waals surface area contributed by atoms with Gasteiger partial charge in [0.05, 0.1) is 86.2 Å². The zero-order valence-corrected chi connectivity index (χ0v) is 76.3. The minimum atomic E-state index is 0.605. The van der Waals surface area contributed by atoms with Crippen LogP contribution in [0.15, 0.2) is 451 Å².